The van der Waals surface area contributed by atoms with Crippen LogP contribution in [0.5, 0.6) is 0 Å². The average Bonchev–Trinajstić information content (AvgIpc) is 2.79. The van der Waals surface area contributed by atoms with Crippen molar-refractivity contribution in [3.63, 3.8) is 0 Å². The number of ether oxygens (including phenoxy) is 1. The fourth-order valence-corrected chi connectivity index (χ4v) is 3.50. The molecule has 2 heterocycles. The van der Waals surface area contributed by atoms with E-state index in [-0.39, 0.29) is 12.1 Å². The first-order valence-corrected chi connectivity index (χ1v) is 8.99. The van der Waals surface area contributed by atoms with Gasteiger partial charge in [0.1, 0.15) is 5.60 Å². The number of amides is 3. The Hall–Kier alpha value is -2.28. The zero-order valence-electron chi connectivity index (χ0n) is 15.6. The van der Waals surface area contributed by atoms with Gasteiger partial charge in [-0.2, -0.15) is 0 Å². The Kier molecular flexibility index (Phi) is 4.84. The van der Waals surface area contributed by atoms with Crippen molar-refractivity contribution in [3.8, 4) is 0 Å². The van der Waals surface area contributed by atoms with Gasteiger partial charge in [0, 0.05) is 13.1 Å². The Morgan fingerprint density at radius 2 is 1.88 bits per heavy atom. The molecule has 0 saturated carbocycles. The summed E-state index contributed by atoms with van der Waals surface area (Å²) in [5.41, 5.74) is -0.297. The van der Waals surface area contributed by atoms with Gasteiger partial charge < -0.3 is 20.1 Å². The van der Waals surface area contributed by atoms with Gasteiger partial charge in [0.15, 0.2) is 6.23 Å². The van der Waals surface area contributed by atoms with Gasteiger partial charge in [-0.15, -0.1) is 0 Å². The summed E-state index contributed by atoms with van der Waals surface area (Å²) < 4.78 is 5.40. The molecule has 0 aromatic heterocycles. The topological polar surface area (TPSA) is 82.1 Å². The number of aliphatic hydroxyl groups is 1. The van der Waals surface area contributed by atoms with Crippen LogP contribution >= 0.6 is 0 Å². The number of hydrogen-bond donors (Lipinski definition) is 2. The van der Waals surface area contributed by atoms with Gasteiger partial charge in [0.25, 0.3) is 0 Å². The second-order valence-electron chi connectivity index (χ2n) is 8.04. The lowest BCUT2D eigenvalue weighted by atomic mass is 9.86. The number of nitrogens with one attached hydrogen (secondary N) is 1. The third-order valence-electron chi connectivity index (χ3n) is 4.91. The minimum Gasteiger partial charge on any atom is -0.444 e. The molecule has 2 aliphatic rings. The van der Waals surface area contributed by atoms with Gasteiger partial charge in [-0.25, -0.2) is 9.59 Å². The standard InChI is InChI=1S/C19H27N3O4/c1-18(2,3)26-17(25)21-11-9-19(10-12-21)15(23)22(16(24)20-19)13-14-7-5-4-6-8-14/h4-8,15,23H,9-13H2,1-3H3,(H,20,24). The second kappa shape index (κ2) is 6.79. The largest absolute Gasteiger partial charge is 0.444 e. The quantitative estimate of drug-likeness (QED) is 0.847. The van der Waals surface area contributed by atoms with Crippen LogP contribution in [0.1, 0.15) is 39.2 Å². The molecule has 1 spiro atoms. The number of carbonyl (C=O) groups excluding carboxylic acids is 2. The van der Waals surface area contributed by atoms with Crippen molar-refractivity contribution >= 4 is 12.1 Å². The predicted molar refractivity (Wildman–Crippen MR) is 96.3 cm³/mol. The molecule has 7 nitrogen and oxygen atoms in total. The van der Waals surface area contributed by atoms with Crippen LogP contribution in [0.2, 0.25) is 0 Å². The lowest BCUT2D eigenvalue weighted by Gasteiger charge is -2.41. The summed E-state index contributed by atoms with van der Waals surface area (Å²) in [5.74, 6) is 0. The molecule has 2 N–H and O–H groups in total. The summed E-state index contributed by atoms with van der Waals surface area (Å²) in [7, 11) is 0. The summed E-state index contributed by atoms with van der Waals surface area (Å²) in [6.07, 6.45) is -0.294. The van der Waals surface area contributed by atoms with Crippen LogP contribution in [0.25, 0.3) is 0 Å². The molecule has 2 aliphatic heterocycles. The Morgan fingerprint density at radius 3 is 2.46 bits per heavy atom. The fourth-order valence-electron chi connectivity index (χ4n) is 3.50. The van der Waals surface area contributed by atoms with E-state index in [4.69, 9.17) is 4.74 Å². The molecule has 0 radical (unpaired) electrons. The van der Waals surface area contributed by atoms with Crippen LogP contribution in [-0.4, -0.2) is 57.5 Å². The first-order chi connectivity index (χ1) is 12.2. The maximum Gasteiger partial charge on any atom is 0.410 e. The number of rotatable bonds is 2. The first kappa shape index (κ1) is 18.5. The third-order valence-corrected chi connectivity index (χ3v) is 4.91. The maximum absolute atomic E-state index is 12.4. The van der Waals surface area contributed by atoms with E-state index in [9.17, 15) is 14.7 Å². The van der Waals surface area contributed by atoms with Gasteiger partial charge in [-0.3, -0.25) is 4.90 Å². The normalized spacial score (nSPS) is 22.5. The predicted octanol–water partition coefficient (Wildman–Crippen LogP) is 2.30. The Balaban J connectivity index is 1.63. The zero-order chi connectivity index (χ0) is 18.9. The van der Waals surface area contributed by atoms with Crippen molar-refractivity contribution in [2.45, 2.75) is 57.5 Å². The number of hydrogen-bond acceptors (Lipinski definition) is 4. The van der Waals surface area contributed by atoms with E-state index in [0.717, 1.165) is 5.56 Å². The highest BCUT2D eigenvalue weighted by Crippen LogP contribution is 2.33. The first-order valence-electron chi connectivity index (χ1n) is 8.99. The minimum absolute atomic E-state index is 0.271. The number of benzene rings is 1. The molecule has 3 amide bonds. The van der Waals surface area contributed by atoms with Gasteiger partial charge in [-0.05, 0) is 39.2 Å². The summed E-state index contributed by atoms with van der Waals surface area (Å²) in [6, 6.07) is 9.31. The molecule has 1 aromatic carbocycles. The summed E-state index contributed by atoms with van der Waals surface area (Å²) in [5, 5.41) is 13.8. The van der Waals surface area contributed by atoms with E-state index in [1.165, 1.54) is 4.90 Å². The van der Waals surface area contributed by atoms with E-state index < -0.39 is 17.4 Å². The van der Waals surface area contributed by atoms with E-state index in [1.807, 2.05) is 51.1 Å². The van der Waals surface area contributed by atoms with Crippen molar-refractivity contribution < 1.29 is 19.4 Å². The highest BCUT2D eigenvalue weighted by Gasteiger charge is 2.52. The molecule has 0 bridgehead atoms. The molecule has 2 saturated heterocycles. The van der Waals surface area contributed by atoms with Crippen molar-refractivity contribution in [1.82, 2.24) is 15.1 Å². The molecular weight excluding hydrogens is 334 g/mol. The summed E-state index contributed by atoms with van der Waals surface area (Å²) in [6.45, 7) is 6.72. The molecule has 26 heavy (non-hydrogen) atoms. The van der Waals surface area contributed by atoms with Gasteiger partial charge >= 0.3 is 12.1 Å². The number of likely N-dealkylation sites (tertiary alicyclic amines) is 1. The fraction of sp³-hybridized carbons (Fsp3) is 0.579. The average molecular weight is 361 g/mol. The van der Waals surface area contributed by atoms with Crippen molar-refractivity contribution in [1.29, 1.82) is 0 Å². The molecule has 3 rings (SSSR count). The number of urea groups is 1. The van der Waals surface area contributed by atoms with Gasteiger partial charge in [-0.1, -0.05) is 30.3 Å². The van der Waals surface area contributed by atoms with Crippen LogP contribution in [0, 0.1) is 0 Å². The van der Waals surface area contributed by atoms with E-state index in [2.05, 4.69) is 5.32 Å². The van der Waals surface area contributed by atoms with Gasteiger partial charge in [0.05, 0.1) is 12.1 Å². The van der Waals surface area contributed by atoms with E-state index in [1.54, 1.807) is 4.90 Å². The molecule has 142 valence electrons. The van der Waals surface area contributed by atoms with E-state index in [0.29, 0.717) is 32.5 Å². The molecule has 1 aromatic rings. The van der Waals surface area contributed by atoms with Crippen LogP contribution in [0.3, 0.4) is 0 Å². The Bertz CT molecular complexity index is 663. The summed E-state index contributed by atoms with van der Waals surface area (Å²) in [4.78, 5) is 27.7. The van der Waals surface area contributed by atoms with E-state index >= 15 is 0 Å². The molecule has 1 atom stereocenters. The lowest BCUT2D eigenvalue weighted by Crippen LogP contribution is -2.58. The summed E-state index contributed by atoms with van der Waals surface area (Å²) >= 11 is 0. The highest BCUT2D eigenvalue weighted by molar-refractivity contribution is 5.78. The number of carbonyl (C=O) groups is 2. The lowest BCUT2D eigenvalue weighted by molar-refractivity contribution is -0.0331. The molecule has 2 fully saturated rings. The van der Waals surface area contributed by atoms with Crippen LogP contribution in [-0.2, 0) is 11.3 Å². The van der Waals surface area contributed by atoms with Crippen molar-refractivity contribution in [3.05, 3.63) is 35.9 Å². The SMILES string of the molecule is CC(C)(C)OC(=O)N1CCC2(CC1)NC(=O)N(Cc1ccccc1)C2O. The number of aliphatic hydroxyl groups excluding tert-OH is 1. The molecule has 1 unspecified atom stereocenters. The molecule has 0 aliphatic carbocycles. The number of piperidine rings is 1. The molecular formula is C19H27N3O4. The minimum atomic E-state index is -0.920. The van der Waals surface area contributed by atoms with Crippen LogP contribution in [0.4, 0.5) is 9.59 Å². The molecule has 7 heteroatoms. The second-order valence-corrected chi connectivity index (χ2v) is 8.04. The Morgan fingerprint density at radius 1 is 1.27 bits per heavy atom. The van der Waals surface area contributed by atoms with Gasteiger partial charge in [0.2, 0.25) is 0 Å². The smallest absolute Gasteiger partial charge is 0.410 e. The Labute approximate surface area is 153 Å². The van der Waals surface area contributed by atoms with Crippen molar-refractivity contribution in [2.24, 2.45) is 0 Å². The van der Waals surface area contributed by atoms with Crippen LogP contribution < -0.4 is 5.32 Å². The van der Waals surface area contributed by atoms with Crippen molar-refractivity contribution in [2.75, 3.05) is 13.1 Å². The monoisotopic (exact) mass is 361 g/mol. The highest BCUT2D eigenvalue weighted by atomic mass is 16.6. The number of nitrogens with zero attached hydrogens (tertiary/aromatic N) is 2. The third kappa shape index (κ3) is 3.77. The maximum atomic E-state index is 12.4. The zero-order valence-corrected chi connectivity index (χ0v) is 15.6. The van der Waals surface area contributed by atoms with Crippen LogP contribution in [0.15, 0.2) is 30.3 Å².